The summed E-state index contributed by atoms with van der Waals surface area (Å²) in [6.45, 7) is 1.55. The van der Waals surface area contributed by atoms with Crippen LogP contribution in [0.3, 0.4) is 0 Å². The lowest BCUT2D eigenvalue weighted by Crippen LogP contribution is -1.93. The van der Waals surface area contributed by atoms with E-state index in [2.05, 4.69) is 0 Å². The Balaban J connectivity index is 2.66. The molecule has 0 heterocycles. The van der Waals surface area contributed by atoms with Gasteiger partial charge in [-0.3, -0.25) is 4.79 Å². The molecule has 0 aromatic carbocycles. The zero-order chi connectivity index (χ0) is 8.97. The Kier molecular flexibility index (Phi) is 3.54. The Morgan fingerprint density at radius 3 is 2.67 bits per heavy atom. The van der Waals surface area contributed by atoms with Crippen LogP contribution in [-0.4, -0.2) is 5.78 Å². The van der Waals surface area contributed by atoms with Crippen molar-refractivity contribution >= 4 is 17.4 Å². The van der Waals surface area contributed by atoms with E-state index >= 15 is 0 Å². The van der Waals surface area contributed by atoms with Crippen molar-refractivity contribution in [1.82, 2.24) is 0 Å². The van der Waals surface area contributed by atoms with Crippen LogP contribution in [-0.2, 0) is 4.79 Å². The summed E-state index contributed by atoms with van der Waals surface area (Å²) >= 11 is 5.98. The van der Waals surface area contributed by atoms with Crippen LogP contribution in [0.5, 0.6) is 0 Å². The van der Waals surface area contributed by atoms with Gasteiger partial charge in [0.25, 0.3) is 0 Å². The van der Waals surface area contributed by atoms with Crippen LogP contribution in [0.15, 0.2) is 22.8 Å². The van der Waals surface area contributed by atoms with Gasteiger partial charge < -0.3 is 0 Å². The lowest BCUT2D eigenvalue weighted by atomic mass is 9.99. The van der Waals surface area contributed by atoms with Crippen molar-refractivity contribution in [3.8, 4) is 0 Å². The molecule has 1 rings (SSSR count). The normalized spacial score (nSPS) is 18.8. The minimum absolute atomic E-state index is 0.0811. The van der Waals surface area contributed by atoms with Crippen molar-refractivity contribution in [2.75, 3.05) is 0 Å². The minimum Gasteiger partial charge on any atom is -0.295 e. The zero-order valence-corrected chi connectivity index (χ0v) is 8.03. The van der Waals surface area contributed by atoms with Crippen molar-refractivity contribution in [2.45, 2.75) is 32.6 Å². The predicted octanol–water partition coefficient (Wildman–Crippen LogP) is 3.20. The number of rotatable bonds is 2. The quantitative estimate of drug-likeness (QED) is 0.603. The topological polar surface area (TPSA) is 17.1 Å². The summed E-state index contributed by atoms with van der Waals surface area (Å²) < 4.78 is 0. The van der Waals surface area contributed by atoms with Crippen LogP contribution in [0.2, 0.25) is 0 Å². The van der Waals surface area contributed by atoms with Gasteiger partial charge in [0, 0.05) is 5.03 Å². The van der Waals surface area contributed by atoms with Crippen molar-refractivity contribution in [2.24, 2.45) is 0 Å². The van der Waals surface area contributed by atoms with Gasteiger partial charge >= 0.3 is 0 Å². The maximum Gasteiger partial charge on any atom is 0.152 e. The average molecular weight is 185 g/mol. The van der Waals surface area contributed by atoms with Crippen LogP contribution < -0.4 is 0 Å². The summed E-state index contributed by atoms with van der Waals surface area (Å²) in [6.07, 6.45) is 7.79. The first-order valence-corrected chi connectivity index (χ1v) is 4.64. The number of hydrogen-bond donors (Lipinski definition) is 0. The van der Waals surface area contributed by atoms with Crippen molar-refractivity contribution in [3.63, 3.8) is 0 Å². The predicted molar refractivity (Wildman–Crippen MR) is 51.2 cm³/mol. The molecule has 66 valence electrons. The van der Waals surface area contributed by atoms with Crippen molar-refractivity contribution in [3.05, 3.63) is 22.8 Å². The Labute approximate surface area is 78.1 Å². The van der Waals surface area contributed by atoms with E-state index in [1.165, 1.54) is 12.8 Å². The molecule has 1 aliphatic carbocycles. The molecule has 12 heavy (non-hydrogen) atoms. The molecular formula is C10H13ClO. The first-order chi connectivity index (χ1) is 5.70. The van der Waals surface area contributed by atoms with E-state index in [0.717, 1.165) is 23.4 Å². The largest absolute Gasteiger partial charge is 0.295 e. The molecule has 1 aliphatic rings. The minimum atomic E-state index is 0.0811. The van der Waals surface area contributed by atoms with Crippen molar-refractivity contribution < 1.29 is 4.79 Å². The molecule has 0 radical (unpaired) electrons. The van der Waals surface area contributed by atoms with Crippen LogP contribution in [0.4, 0.5) is 0 Å². The standard InChI is InChI=1S/C10H13ClO/c1-8(12)6-7-9-4-2-3-5-10(9)11/h6-7H,2-5H2,1H3/b7-6+. The first kappa shape index (κ1) is 9.53. The van der Waals surface area contributed by atoms with Gasteiger partial charge in [0.1, 0.15) is 0 Å². The van der Waals surface area contributed by atoms with Gasteiger partial charge in [-0.15, -0.1) is 0 Å². The summed E-state index contributed by atoms with van der Waals surface area (Å²) in [4.78, 5) is 10.6. The summed E-state index contributed by atoms with van der Waals surface area (Å²) in [5.74, 6) is 0.0811. The molecule has 0 aromatic rings. The SMILES string of the molecule is CC(=O)/C=C/C1=C(Cl)CCCC1. The molecule has 0 amide bonds. The Morgan fingerprint density at radius 2 is 2.08 bits per heavy atom. The second-order valence-corrected chi connectivity index (χ2v) is 3.54. The molecule has 0 N–H and O–H groups in total. The van der Waals surface area contributed by atoms with E-state index in [0.29, 0.717) is 0 Å². The zero-order valence-electron chi connectivity index (χ0n) is 7.27. The highest BCUT2D eigenvalue weighted by Crippen LogP contribution is 2.27. The summed E-state index contributed by atoms with van der Waals surface area (Å²) in [7, 11) is 0. The van der Waals surface area contributed by atoms with E-state index < -0.39 is 0 Å². The monoisotopic (exact) mass is 184 g/mol. The molecule has 2 heteroatoms. The highest BCUT2D eigenvalue weighted by molar-refractivity contribution is 6.30. The fourth-order valence-corrected chi connectivity index (χ4v) is 1.57. The lowest BCUT2D eigenvalue weighted by Gasteiger charge is -2.12. The van der Waals surface area contributed by atoms with Crippen LogP contribution in [0.1, 0.15) is 32.6 Å². The third-order valence-corrected chi connectivity index (χ3v) is 2.39. The third-order valence-electron chi connectivity index (χ3n) is 1.96. The Hall–Kier alpha value is -0.560. The van der Waals surface area contributed by atoms with Gasteiger partial charge in [0.15, 0.2) is 5.78 Å². The van der Waals surface area contributed by atoms with Gasteiger partial charge in [-0.25, -0.2) is 0 Å². The van der Waals surface area contributed by atoms with Gasteiger partial charge in [0.05, 0.1) is 0 Å². The van der Waals surface area contributed by atoms with Gasteiger partial charge in [0.2, 0.25) is 0 Å². The third kappa shape index (κ3) is 2.82. The second kappa shape index (κ2) is 4.46. The summed E-state index contributed by atoms with van der Waals surface area (Å²) in [6, 6.07) is 0. The average Bonchev–Trinajstić information content (AvgIpc) is 2.03. The fourth-order valence-electron chi connectivity index (χ4n) is 1.28. The number of ketones is 1. The van der Waals surface area contributed by atoms with Crippen LogP contribution >= 0.6 is 11.6 Å². The maximum absolute atomic E-state index is 10.6. The Bertz CT molecular complexity index is 238. The molecule has 0 fully saturated rings. The highest BCUT2D eigenvalue weighted by atomic mass is 35.5. The van der Waals surface area contributed by atoms with Crippen molar-refractivity contribution in [1.29, 1.82) is 0 Å². The lowest BCUT2D eigenvalue weighted by molar-refractivity contribution is -0.112. The van der Waals surface area contributed by atoms with Gasteiger partial charge in [-0.05, 0) is 44.3 Å². The molecule has 0 spiro atoms. The van der Waals surface area contributed by atoms with Crippen LogP contribution in [0, 0.1) is 0 Å². The molecule has 0 bridgehead atoms. The van der Waals surface area contributed by atoms with E-state index in [1.807, 2.05) is 6.08 Å². The van der Waals surface area contributed by atoms with Gasteiger partial charge in [-0.2, -0.15) is 0 Å². The van der Waals surface area contributed by atoms with E-state index in [4.69, 9.17) is 11.6 Å². The van der Waals surface area contributed by atoms with E-state index in [-0.39, 0.29) is 5.78 Å². The summed E-state index contributed by atoms with van der Waals surface area (Å²) in [5.41, 5.74) is 1.14. The molecule has 0 saturated carbocycles. The molecule has 0 saturated heterocycles. The van der Waals surface area contributed by atoms with Gasteiger partial charge in [-0.1, -0.05) is 17.7 Å². The summed E-state index contributed by atoms with van der Waals surface area (Å²) in [5, 5.41) is 0.929. The first-order valence-electron chi connectivity index (χ1n) is 4.26. The van der Waals surface area contributed by atoms with Crippen LogP contribution in [0.25, 0.3) is 0 Å². The smallest absolute Gasteiger partial charge is 0.152 e. The maximum atomic E-state index is 10.6. The number of allylic oxidation sites excluding steroid dienone is 4. The molecule has 0 unspecified atom stereocenters. The molecule has 0 atom stereocenters. The molecular weight excluding hydrogens is 172 g/mol. The van der Waals surface area contributed by atoms with E-state index in [1.54, 1.807) is 13.0 Å². The number of carbonyl (C=O) groups excluding carboxylic acids is 1. The number of carbonyl (C=O) groups is 1. The van der Waals surface area contributed by atoms with E-state index in [9.17, 15) is 4.79 Å². The second-order valence-electron chi connectivity index (χ2n) is 3.08. The fraction of sp³-hybridized carbons (Fsp3) is 0.500. The number of halogens is 1. The molecule has 0 aliphatic heterocycles. The molecule has 0 aromatic heterocycles. The number of hydrogen-bond acceptors (Lipinski definition) is 1. The highest BCUT2D eigenvalue weighted by Gasteiger charge is 2.07. The Morgan fingerprint density at radius 1 is 1.42 bits per heavy atom. The molecule has 1 nitrogen and oxygen atoms in total.